The number of benzene rings is 1. The Kier molecular flexibility index (Phi) is 3.60. The third-order valence-corrected chi connectivity index (χ3v) is 4.13. The van der Waals surface area contributed by atoms with Gasteiger partial charge in [0.1, 0.15) is 11.5 Å². The van der Waals surface area contributed by atoms with Crippen LogP contribution in [0.15, 0.2) is 12.1 Å². The van der Waals surface area contributed by atoms with Gasteiger partial charge in [-0.15, -0.1) is 0 Å². The number of ketones is 2. The summed E-state index contributed by atoms with van der Waals surface area (Å²) in [5.74, 6) is -2.53. The lowest BCUT2D eigenvalue weighted by molar-refractivity contribution is -0.155. The van der Waals surface area contributed by atoms with Crippen molar-refractivity contribution < 1.29 is 28.6 Å². The standard InChI is InChI=1S/C16H16O6/c1-3-21-16(19)15(18)12-8-6-7-22-10-5-4-9(20-2)13(11(8)10)14(12)17/h4-5,8,12H,3,6-7H2,1-2H3. The minimum Gasteiger partial charge on any atom is -0.496 e. The molecule has 6 heteroatoms. The smallest absolute Gasteiger partial charge is 0.375 e. The van der Waals surface area contributed by atoms with E-state index in [0.29, 0.717) is 35.7 Å². The molecule has 0 spiro atoms. The highest BCUT2D eigenvalue weighted by Gasteiger charge is 2.50. The van der Waals surface area contributed by atoms with Crippen molar-refractivity contribution in [1.29, 1.82) is 0 Å². The molecular weight excluding hydrogens is 288 g/mol. The molecule has 1 aliphatic carbocycles. The SMILES string of the molecule is CCOC(=O)C(=O)C1C(=O)c2c(OC)ccc3c2C1CCO3. The third kappa shape index (κ3) is 1.98. The molecule has 0 aromatic heterocycles. The first-order chi connectivity index (χ1) is 10.6. The molecule has 0 bridgehead atoms. The second-order valence-electron chi connectivity index (χ2n) is 5.22. The van der Waals surface area contributed by atoms with Crippen LogP contribution in [-0.2, 0) is 14.3 Å². The zero-order valence-corrected chi connectivity index (χ0v) is 12.4. The van der Waals surface area contributed by atoms with Gasteiger partial charge in [-0.1, -0.05) is 0 Å². The van der Waals surface area contributed by atoms with Crippen LogP contribution in [0.25, 0.3) is 0 Å². The minimum atomic E-state index is -1.03. The van der Waals surface area contributed by atoms with Gasteiger partial charge < -0.3 is 14.2 Å². The van der Waals surface area contributed by atoms with Crippen molar-refractivity contribution in [2.45, 2.75) is 19.3 Å². The molecule has 0 saturated carbocycles. The molecule has 3 rings (SSSR count). The van der Waals surface area contributed by atoms with Gasteiger partial charge in [0.25, 0.3) is 5.78 Å². The zero-order valence-electron chi connectivity index (χ0n) is 12.4. The lowest BCUT2D eigenvalue weighted by Gasteiger charge is -2.24. The van der Waals surface area contributed by atoms with Crippen LogP contribution in [-0.4, -0.2) is 37.9 Å². The molecule has 116 valence electrons. The summed E-state index contributed by atoms with van der Waals surface area (Å²) in [6, 6.07) is 3.37. The highest BCUT2D eigenvalue weighted by Crippen LogP contribution is 2.50. The quantitative estimate of drug-likeness (QED) is 0.476. The van der Waals surface area contributed by atoms with E-state index >= 15 is 0 Å². The van der Waals surface area contributed by atoms with Crippen molar-refractivity contribution in [2.75, 3.05) is 20.3 Å². The van der Waals surface area contributed by atoms with E-state index in [1.165, 1.54) is 7.11 Å². The summed E-state index contributed by atoms with van der Waals surface area (Å²) in [6.45, 7) is 2.12. The molecule has 0 N–H and O–H groups in total. The van der Waals surface area contributed by atoms with E-state index in [1.807, 2.05) is 0 Å². The molecule has 1 heterocycles. The van der Waals surface area contributed by atoms with Crippen LogP contribution >= 0.6 is 0 Å². The minimum absolute atomic E-state index is 0.0980. The lowest BCUT2D eigenvalue weighted by Crippen LogP contribution is -2.33. The first kappa shape index (κ1) is 14.6. The van der Waals surface area contributed by atoms with Crippen LogP contribution in [0.3, 0.4) is 0 Å². The Labute approximate surface area is 127 Å². The van der Waals surface area contributed by atoms with Gasteiger partial charge in [-0.2, -0.15) is 0 Å². The topological polar surface area (TPSA) is 78.9 Å². The van der Waals surface area contributed by atoms with Crippen molar-refractivity contribution in [3.8, 4) is 11.5 Å². The summed E-state index contributed by atoms with van der Waals surface area (Å²) in [5.41, 5.74) is 1.03. The Morgan fingerprint density at radius 2 is 2.14 bits per heavy atom. The van der Waals surface area contributed by atoms with E-state index in [-0.39, 0.29) is 18.3 Å². The summed E-state index contributed by atoms with van der Waals surface area (Å²) in [4.78, 5) is 36.8. The number of methoxy groups -OCH3 is 1. The molecule has 2 atom stereocenters. The molecule has 22 heavy (non-hydrogen) atoms. The first-order valence-electron chi connectivity index (χ1n) is 7.19. The van der Waals surface area contributed by atoms with Crippen molar-refractivity contribution in [3.05, 3.63) is 23.3 Å². The van der Waals surface area contributed by atoms with Gasteiger partial charge in [0.15, 0.2) is 5.78 Å². The Morgan fingerprint density at radius 3 is 2.82 bits per heavy atom. The summed E-state index contributed by atoms with van der Waals surface area (Å²) < 4.78 is 15.6. The van der Waals surface area contributed by atoms with Gasteiger partial charge in [-0.25, -0.2) is 4.79 Å². The Balaban J connectivity index is 2.07. The van der Waals surface area contributed by atoms with Crippen LogP contribution in [0.2, 0.25) is 0 Å². The van der Waals surface area contributed by atoms with Crippen LogP contribution in [0.1, 0.15) is 35.2 Å². The largest absolute Gasteiger partial charge is 0.496 e. The van der Waals surface area contributed by atoms with Crippen LogP contribution < -0.4 is 9.47 Å². The summed E-state index contributed by atoms with van der Waals surface area (Å²) in [5, 5.41) is 0. The van der Waals surface area contributed by atoms with Gasteiger partial charge in [0, 0.05) is 11.5 Å². The fraction of sp³-hybridized carbons (Fsp3) is 0.438. The van der Waals surface area contributed by atoms with Gasteiger partial charge >= 0.3 is 5.97 Å². The van der Waals surface area contributed by atoms with Crippen molar-refractivity contribution in [2.24, 2.45) is 5.92 Å². The summed E-state index contributed by atoms with van der Waals surface area (Å²) >= 11 is 0. The summed E-state index contributed by atoms with van der Waals surface area (Å²) in [7, 11) is 1.46. The molecule has 2 aliphatic rings. The lowest BCUT2D eigenvalue weighted by atomic mass is 9.85. The van der Waals surface area contributed by atoms with E-state index < -0.39 is 17.7 Å². The van der Waals surface area contributed by atoms with Crippen LogP contribution in [0.4, 0.5) is 0 Å². The first-order valence-corrected chi connectivity index (χ1v) is 7.19. The predicted molar refractivity (Wildman–Crippen MR) is 75.3 cm³/mol. The van der Waals surface area contributed by atoms with Gasteiger partial charge in [0.2, 0.25) is 0 Å². The van der Waals surface area contributed by atoms with E-state index in [4.69, 9.17) is 14.2 Å². The van der Waals surface area contributed by atoms with E-state index in [2.05, 4.69) is 0 Å². The van der Waals surface area contributed by atoms with E-state index in [9.17, 15) is 14.4 Å². The number of Topliss-reactive ketones (excluding diaryl/α,β-unsaturated/α-hetero) is 2. The number of esters is 1. The molecule has 0 amide bonds. The van der Waals surface area contributed by atoms with Crippen molar-refractivity contribution in [1.82, 2.24) is 0 Å². The molecular formula is C16H16O6. The van der Waals surface area contributed by atoms with Gasteiger partial charge in [0.05, 0.1) is 31.8 Å². The number of carbonyl (C=O) groups excluding carboxylic acids is 3. The average molecular weight is 304 g/mol. The molecule has 0 fully saturated rings. The zero-order chi connectivity index (χ0) is 15.9. The van der Waals surface area contributed by atoms with Crippen LogP contribution in [0, 0.1) is 5.92 Å². The number of hydrogen-bond donors (Lipinski definition) is 0. The molecule has 1 aromatic rings. The summed E-state index contributed by atoms with van der Waals surface area (Å²) in [6.07, 6.45) is 0.509. The monoisotopic (exact) mass is 304 g/mol. The maximum absolute atomic E-state index is 12.7. The molecule has 1 aromatic carbocycles. The maximum atomic E-state index is 12.7. The maximum Gasteiger partial charge on any atom is 0.375 e. The van der Waals surface area contributed by atoms with Gasteiger partial charge in [-0.05, 0) is 25.5 Å². The fourth-order valence-electron chi connectivity index (χ4n) is 3.24. The normalized spacial score (nSPS) is 21.8. The van der Waals surface area contributed by atoms with E-state index in [1.54, 1.807) is 19.1 Å². The molecule has 1 aliphatic heterocycles. The second kappa shape index (κ2) is 5.44. The number of carbonyl (C=O) groups is 3. The fourth-order valence-corrected chi connectivity index (χ4v) is 3.24. The number of rotatable bonds is 4. The third-order valence-electron chi connectivity index (χ3n) is 4.13. The second-order valence-corrected chi connectivity index (χ2v) is 5.22. The van der Waals surface area contributed by atoms with Crippen molar-refractivity contribution in [3.63, 3.8) is 0 Å². The van der Waals surface area contributed by atoms with Crippen molar-refractivity contribution >= 4 is 17.5 Å². The van der Waals surface area contributed by atoms with Crippen LogP contribution in [0.5, 0.6) is 11.5 Å². The predicted octanol–water partition coefficient (Wildman–Crippen LogP) is 1.51. The molecule has 0 radical (unpaired) electrons. The molecule has 0 saturated heterocycles. The van der Waals surface area contributed by atoms with E-state index in [0.717, 1.165) is 0 Å². The highest BCUT2D eigenvalue weighted by atomic mass is 16.5. The molecule has 2 unspecified atom stereocenters. The Bertz CT molecular complexity index is 663. The van der Waals surface area contributed by atoms with Gasteiger partial charge in [-0.3, -0.25) is 9.59 Å². The Hall–Kier alpha value is -2.37. The number of hydrogen-bond acceptors (Lipinski definition) is 6. The average Bonchev–Trinajstić information content (AvgIpc) is 2.82. The Morgan fingerprint density at radius 1 is 1.36 bits per heavy atom. The molecule has 6 nitrogen and oxygen atoms in total. The highest BCUT2D eigenvalue weighted by molar-refractivity contribution is 6.40. The number of ether oxygens (including phenoxy) is 3.